The fourth-order valence-corrected chi connectivity index (χ4v) is 4.10. The van der Waals surface area contributed by atoms with Gasteiger partial charge >= 0.3 is 0 Å². The van der Waals surface area contributed by atoms with Gasteiger partial charge in [0.1, 0.15) is 12.2 Å². The van der Waals surface area contributed by atoms with Gasteiger partial charge in [0, 0.05) is 4.43 Å². The standard InChI is InChI=1S/C19H21IO4/c1-19(2)23-17-16(15(10-20)22-18(17)24-19)21-11-12-7-8-13-5-3-4-6-14(13)9-12/h3-9,15-18H,10-11H2,1-2H3/t15-,16-,17-,18-/m1/s1. The van der Waals surface area contributed by atoms with E-state index in [1.807, 2.05) is 13.8 Å². The first-order chi connectivity index (χ1) is 11.6. The van der Waals surface area contributed by atoms with Crippen molar-refractivity contribution in [1.82, 2.24) is 0 Å². The summed E-state index contributed by atoms with van der Waals surface area (Å²) in [6.07, 6.45) is -0.612. The smallest absolute Gasteiger partial charge is 0.190 e. The summed E-state index contributed by atoms with van der Waals surface area (Å²) in [5, 5.41) is 2.47. The molecule has 0 aliphatic carbocycles. The van der Waals surface area contributed by atoms with Crippen LogP contribution in [0.1, 0.15) is 19.4 Å². The number of halogens is 1. The quantitative estimate of drug-likeness (QED) is 0.532. The molecule has 5 heteroatoms. The fourth-order valence-electron chi connectivity index (χ4n) is 3.39. The second kappa shape index (κ2) is 6.53. The van der Waals surface area contributed by atoms with Crippen molar-refractivity contribution in [2.45, 2.75) is 50.8 Å². The average Bonchev–Trinajstić information content (AvgIpc) is 3.04. The molecule has 2 fully saturated rings. The van der Waals surface area contributed by atoms with Crippen molar-refractivity contribution in [3.05, 3.63) is 48.0 Å². The Hall–Kier alpha value is -0.730. The van der Waals surface area contributed by atoms with E-state index in [9.17, 15) is 0 Å². The lowest BCUT2D eigenvalue weighted by atomic mass is 10.1. The molecule has 0 saturated carbocycles. The topological polar surface area (TPSA) is 36.9 Å². The molecule has 2 aromatic rings. The van der Waals surface area contributed by atoms with E-state index < -0.39 is 5.79 Å². The maximum Gasteiger partial charge on any atom is 0.190 e. The Balaban J connectivity index is 1.48. The van der Waals surface area contributed by atoms with Gasteiger partial charge in [-0.05, 0) is 36.2 Å². The van der Waals surface area contributed by atoms with E-state index in [2.05, 4.69) is 65.1 Å². The predicted octanol–water partition coefficient (Wildman–Crippen LogP) is 4.04. The first kappa shape index (κ1) is 16.7. The lowest BCUT2D eigenvalue weighted by Gasteiger charge is -2.25. The minimum absolute atomic E-state index is 0.00263. The van der Waals surface area contributed by atoms with Crippen LogP contribution in [0.4, 0.5) is 0 Å². The van der Waals surface area contributed by atoms with Crippen LogP contribution in [-0.4, -0.2) is 34.8 Å². The molecular formula is C19H21IO4. The Kier molecular flexibility index (Phi) is 4.55. The number of alkyl halides is 1. The van der Waals surface area contributed by atoms with E-state index in [4.69, 9.17) is 18.9 Å². The summed E-state index contributed by atoms with van der Waals surface area (Å²) in [7, 11) is 0. The van der Waals surface area contributed by atoms with Gasteiger partial charge in [0.2, 0.25) is 0 Å². The van der Waals surface area contributed by atoms with Crippen LogP contribution in [0.15, 0.2) is 42.5 Å². The highest BCUT2D eigenvalue weighted by molar-refractivity contribution is 14.1. The molecule has 0 unspecified atom stereocenters. The zero-order chi connectivity index (χ0) is 16.7. The van der Waals surface area contributed by atoms with Crippen molar-refractivity contribution in [1.29, 1.82) is 0 Å². The van der Waals surface area contributed by atoms with Crippen LogP contribution in [0.5, 0.6) is 0 Å². The molecule has 2 saturated heterocycles. The zero-order valence-electron chi connectivity index (χ0n) is 13.8. The second-order valence-electron chi connectivity index (χ2n) is 6.75. The Morgan fingerprint density at radius 3 is 2.67 bits per heavy atom. The molecule has 2 heterocycles. The molecule has 4 nitrogen and oxygen atoms in total. The molecule has 4 atom stereocenters. The van der Waals surface area contributed by atoms with Gasteiger partial charge in [-0.25, -0.2) is 0 Å². The zero-order valence-corrected chi connectivity index (χ0v) is 15.9. The van der Waals surface area contributed by atoms with E-state index >= 15 is 0 Å². The predicted molar refractivity (Wildman–Crippen MR) is 100 cm³/mol. The third-order valence-corrected chi connectivity index (χ3v) is 5.36. The number of ether oxygens (including phenoxy) is 4. The fraction of sp³-hybridized carbons (Fsp3) is 0.474. The van der Waals surface area contributed by atoms with Crippen molar-refractivity contribution in [3.8, 4) is 0 Å². The van der Waals surface area contributed by atoms with Gasteiger partial charge in [0.25, 0.3) is 0 Å². The molecule has 2 aliphatic heterocycles. The molecule has 0 amide bonds. The summed E-state index contributed by atoms with van der Waals surface area (Å²) < 4.78 is 24.8. The normalized spacial score (nSPS) is 31.5. The Bertz CT molecular complexity index is 732. The highest BCUT2D eigenvalue weighted by atomic mass is 127. The van der Waals surface area contributed by atoms with Crippen LogP contribution in [0, 0.1) is 0 Å². The Morgan fingerprint density at radius 1 is 1.08 bits per heavy atom. The van der Waals surface area contributed by atoms with Crippen LogP contribution >= 0.6 is 22.6 Å². The minimum atomic E-state index is -0.615. The van der Waals surface area contributed by atoms with Crippen molar-refractivity contribution in [3.63, 3.8) is 0 Å². The molecule has 4 rings (SSSR count). The van der Waals surface area contributed by atoms with Gasteiger partial charge in [0.15, 0.2) is 12.1 Å². The van der Waals surface area contributed by atoms with Crippen LogP contribution in [0.3, 0.4) is 0 Å². The Labute approximate surface area is 155 Å². The lowest BCUT2D eigenvalue weighted by Crippen LogP contribution is -2.37. The van der Waals surface area contributed by atoms with E-state index in [0.29, 0.717) is 6.61 Å². The van der Waals surface area contributed by atoms with Gasteiger partial charge in [-0.15, -0.1) is 0 Å². The lowest BCUT2D eigenvalue weighted by molar-refractivity contribution is -0.215. The third-order valence-electron chi connectivity index (χ3n) is 4.50. The maximum absolute atomic E-state index is 6.21. The SMILES string of the molecule is CC1(C)O[C@H]2O[C@H](CI)[C@@H](OCc3ccc4ccccc4c3)[C@H]2O1. The molecule has 2 aromatic carbocycles. The van der Waals surface area contributed by atoms with Crippen molar-refractivity contribution >= 4 is 33.4 Å². The van der Waals surface area contributed by atoms with Crippen molar-refractivity contribution < 1.29 is 18.9 Å². The van der Waals surface area contributed by atoms with Gasteiger partial charge < -0.3 is 18.9 Å². The van der Waals surface area contributed by atoms with E-state index in [1.165, 1.54) is 10.8 Å². The Morgan fingerprint density at radius 2 is 1.88 bits per heavy atom. The largest absolute Gasteiger partial charge is 0.368 e. The first-order valence-electron chi connectivity index (χ1n) is 8.22. The summed E-state index contributed by atoms with van der Waals surface area (Å²) in [5.41, 5.74) is 1.16. The van der Waals surface area contributed by atoms with Crippen molar-refractivity contribution in [2.75, 3.05) is 4.43 Å². The summed E-state index contributed by atoms with van der Waals surface area (Å²) in [5.74, 6) is -0.615. The monoisotopic (exact) mass is 440 g/mol. The number of fused-ring (bicyclic) bond motifs is 2. The van der Waals surface area contributed by atoms with Crippen molar-refractivity contribution in [2.24, 2.45) is 0 Å². The molecule has 0 spiro atoms. The highest BCUT2D eigenvalue weighted by Gasteiger charge is 2.54. The van der Waals surface area contributed by atoms with Crippen LogP contribution in [-0.2, 0) is 25.6 Å². The molecule has 0 bridgehead atoms. The van der Waals surface area contributed by atoms with Crippen LogP contribution in [0.25, 0.3) is 10.8 Å². The van der Waals surface area contributed by atoms with E-state index in [1.54, 1.807) is 0 Å². The van der Waals surface area contributed by atoms with Gasteiger partial charge in [-0.2, -0.15) is 0 Å². The number of hydrogen-bond acceptors (Lipinski definition) is 4. The second-order valence-corrected chi connectivity index (χ2v) is 7.64. The summed E-state index contributed by atoms with van der Waals surface area (Å²) in [6.45, 7) is 4.36. The van der Waals surface area contributed by atoms with Gasteiger partial charge in [-0.1, -0.05) is 59.0 Å². The van der Waals surface area contributed by atoms with Crippen LogP contribution in [0.2, 0.25) is 0 Å². The van der Waals surface area contributed by atoms with Gasteiger partial charge in [-0.3, -0.25) is 0 Å². The molecule has 0 N–H and O–H groups in total. The maximum atomic E-state index is 6.21. The number of benzene rings is 2. The average molecular weight is 440 g/mol. The summed E-state index contributed by atoms with van der Waals surface area (Å²) in [6, 6.07) is 14.8. The highest BCUT2D eigenvalue weighted by Crippen LogP contribution is 2.39. The van der Waals surface area contributed by atoms with Crippen LogP contribution < -0.4 is 0 Å². The number of hydrogen-bond donors (Lipinski definition) is 0. The first-order valence-corrected chi connectivity index (χ1v) is 9.75. The molecule has 128 valence electrons. The molecular weight excluding hydrogens is 419 g/mol. The minimum Gasteiger partial charge on any atom is -0.368 e. The molecule has 0 radical (unpaired) electrons. The number of rotatable bonds is 4. The van der Waals surface area contributed by atoms with Gasteiger partial charge in [0.05, 0.1) is 12.7 Å². The summed E-state index contributed by atoms with van der Waals surface area (Å²) in [4.78, 5) is 0. The summed E-state index contributed by atoms with van der Waals surface area (Å²) >= 11 is 2.32. The van der Waals surface area contributed by atoms with E-state index in [-0.39, 0.29) is 24.6 Å². The molecule has 2 aliphatic rings. The van der Waals surface area contributed by atoms with E-state index in [0.717, 1.165) is 9.99 Å². The molecule has 24 heavy (non-hydrogen) atoms. The molecule has 0 aromatic heterocycles. The third kappa shape index (κ3) is 3.20.